The van der Waals surface area contributed by atoms with Gasteiger partial charge < -0.3 is 0 Å². The molecule has 106 valence electrons. The van der Waals surface area contributed by atoms with Crippen molar-refractivity contribution in [3.05, 3.63) is 45.9 Å². The van der Waals surface area contributed by atoms with Gasteiger partial charge in [0.15, 0.2) is 0 Å². The monoisotopic (exact) mass is 288 g/mol. The summed E-state index contributed by atoms with van der Waals surface area (Å²) < 4.78 is 0. The first kappa shape index (κ1) is 15.0. The van der Waals surface area contributed by atoms with Gasteiger partial charge in [0.05, 0.1) is 5.69 Å². The molecular formula is C17H21ClN2. The van der Waals surface area contributed by atoms with Crippen molar-refractivity contribution in [2.24, 2.45) is 0 Å². The zero-order valence-electron chi connectivity index (χ0n) is 13.0. The van der Waals surface area contributed by atoms with Crippen LogP contribution in [-0.2, 0) is 5.41 Å². The number of rotatable bonds is 1. The molecule has 0 aliphatic carbocycles. The van der Waals surface area contributed by atoms with Crippen molar-refractivity contribution >= 4 is 11.6 Å². The highest BCUT2D eigenvalue weighted by atomic mass is 35.5. The summed E-state index contributed by atoms with van der Waals surface area (Å²) in [5.74, 6) is 0.776. The fourth-order valence-corrected chi connectivity index (χ4v) is 2.31. The first-order chi connectivity index (χ1) is 9.18. The highest BCUT2D eigenvalue weighted by Crippen LogP contribution is 2.29. The number of hydrogen-bond donors (Lipinski definition) is 0. The molecule has 0 radical (unpaired) electrons. The van der Waals surface area contributed by atoms with Crippen LogP contribution in [0.15, 0.2) is 18.2 Å². The Kier molecular flexibility index (Phi) is 3.88. The minimum absolute atomic E-state index is 0.118. The van der Waals surface area contributed by atoms with Gasteiger partial charge in [0.1, 0.15) is 11.0 Å². The van der Waals surface area contributed by atoms with E-state index < -0.39 is 0 Å². The van der Waals surface area contributed by atoms with Crippen molar-refractivity contribution in [3.8, 4) is 11.3 Å². The van der Waals surface area contributed by atoms with Crippen LogP contribution in [0.2, 0.25) is 5.15 Å². The van der Waals surface area contributed by atoms with Crippen molar-refractivity contribution in [2.45, 2.75) is 47.0 Å². The second-order valence-corrected chi connectivity index (χ2v) is 6.79. The van der Waals surface area contributed by atoms with Gasteiger partial charge in [0.25, 0.3) is 0 Å². The highest BCUT2D eigenvalue weighted by Gasteiger charge is 2.19. The van der Waals surface area contributed by atoms with Crippen LogP contribution >= 0.6 is 11.6 Å². The number of hydrogen-bond acceptors (Lipinski definition) is 2. The first-order valence-electron chi connectivity index (χ1n) is 6.82. The Labute approximate surface area is 126 Å². The zero-order chi connectivity index (χ0) is 15.1. The molecule has 1 heterocycles. The molecule has 2 aromatic rings. The van der Waals surface area contributed by atoms with Crippen LogP contribution in [0.4, 0.5) is 0 Å². The van der Waals surface area contributed by atoms with E-state index in [2.05, 4.69) is 58.7 Å². The number of aryl methyl sites for hydroxylation is 3. The summed E-state index contributed by atoms with van der Waals surface area (Å²) in [5, 5.41) is 0.498. The Morgan fingerprint density at radius 1 is 0.850 bits per heavy atom. The van der Waals surface area contributed by atoms with Crippen molar-refractivity contribution < 1.29 is 0 Å². The third kappa shape index (κ3) is 3.01. The predicted octanol–water partition coefficient (Wildman–Crippen LogP) is 5.02. The molecule has 0 saturated heterocycles. The lowest BCUT2D eigenvalue weighted by molar-refractivity contribution is 0.546. The molecule has 0 saturated carbocycles. The van der Waals surface area contributed by atoms with Gasteiger partial charge in [-0.2, -0.15) is 0 Å². The van der Waals surface area contributed by atoms with E-state index in [4.69, 9.17) is 16.6 Å². The lowest BCUT2D eigenvalue weighted by atomic mass is 9.94. The Morgan fingerprint density at radius 2 is 1.45 bits per heavy atom. The average Bonchev–Trinajstić information content (AvgIpc) is 2.32. The maximum absolute atomic E-state index is 6.18. The van der Waals surface area contributed by atoms with E-state index in [9.17, 15) is 0 Å². The van der Waals surface area contributed by atoms with Crippen LogP contribution in [0.1, 0.15) is 43.3 Å². The summed E-state index contributed by atoms with van der Waals surface area (Å²) in [6, 6.07) is 6.21. The van der Waals surface area contributed by atoms with Crippen LogP contribution < -0.4 is 0 Å². The standard InChI is InChI=1S/C17H21ClN2/c1-10-7-12(3)13(8-11(10)2)14-9-15(18)20-16(19-14)17(4,5)6/h7-9H,1-6H3. The Bertz CT molecular complexity index is 655. The normalized spacial score (nSPS) is 11.8. The van der Waals surface area contributed by atoms with Crippen LogP contribution in [0.25, 0.3) is 11.3 Å². The zero-order valence-corrected chi connectivity index (χ0v) is 13.8. The third-order valence-electron chi connectivity index (χ3n) is 3.48. The van der Waals surface area contributed by atoms with E-state index in [1.165, 1.54) is 16.7 Å². The first-order valence-corrected chi connectivity index (χ1v) is 7.19. The lowest BCUT2D eigenvalue weighted by Crippen LogP contribution is -2.16. The molecule has 0 aliphatic rings. The molecule has 3 heteroatoms. The SMILES string of the molecule is Cc1cc(C)c(-c2cc(Cl)nc(C(C)(C)C)n2)cc1C. The summed E-state index contributed by atoms with van der Waals surface area (Å²) in [7, 11) is 0. The van der Waals surface area contributed by atoms with Crippen LogP contribution in [0.5, 0.6) is 0 Å². The molecule has 0 N–H and O–H groups in total. The summed E-state index contributed by atoms with van der Waals surface area (Å²) in [6.45, 7) is 12.6. The van der Waals surface area contributed by atoms with E-state index in [1.807, 2.05) is 6.07 Å². The molecule has 0 amide bonds. The lowest BCUT2D eigenvalue weighted by Gasteiger charge is -2.18. The highest BCUT2D eigenvalue weighted by molar-refractivity contribution is 6.29. The summed E-state index contributed by atoms with van der Waals surface area (Å²) in [4.78, 5) is 9.07. The smallest absolute Gasteiger partial charge is 0.136 e. The maximum atomic E-state index is 6.18. The van der Waals surface area contributed by atoms with Gasteiger partial charge in [0, 0.05) is 17.0 Å². The van der Waals surface area contributed by atoms with E-state index in [1.54, 1.807) is 0 Å². The molecule has 0 spiro atoms. The third-order valence-corrected chi connectivity index (χ3v) is 3.68. The van der Waals surface area contributed by atoms with Gasteiger partial charge in [-0.3, -0.25) is 0 Å². The van der Waals surface area contributed by atoms with Crippen molar-refractivity contribution in [1.29, 1.82) is 0 Å². The van der Waals surface area contributed by atoms with Crippen molar-refractivity contribution in [3.63, 3.8) is 0 Å². The maximum Gasteiger partial charge on any atom is 0.136 e. The molecule has 2 nitrogen and oxygen atoms in total. The minimum atomic E-state index is -0.118. The van der Waals surface area contributed by atoms with E-state index >= 15 is 0 Å². The Morgan fingerprint density at radius 3 is 2.05 bits per heavy atom. The molecule has 20 heavy (non-hydrogen) atoms. The second kappa shape index (κ2) is 5.17. The number of aromatic nitrogens is 2. The number of nitrogens with zero attached hydrogens (tertiary/aromatic N) is 2. The molecule has 0 atom stereocenters. The van der Waals surface area contributed by atoms with E-state index in [0.29, 0.717) is 5.15 Å². The van der Waals surface area contributed by atoms with Crippen molar-refractivity contribution in [1.82, 2.24) is 9.97 Å². The molecule has 1 aromatic heterocycles. The molecule has 0 bridgehead atoms. The molecular weight excluding hydrogens is 268 g/mol. The van der Waals surface area contributed by atoms with Gasteiger partial charge in [0.2, 0.25) is 0 Å². The van der Waals surface area contributed by atoms with Gasteiger partial charge in [-0.1, -0.05) is 38.4 Å². The Balaban J connectivity index is 2.64. The Hall–Kier alpha value is -1.41. The molecule has 0 fully saturated rings. The van der Waals surface area contributed by atoms with Gasteiger partial charge in [-0.25, -0.2) is 9.97 Å². The molecule has 1 aromatic carbocycles. The van der Waals surface area contributed by atoms with Crippen LogP contribution in [-0.4, -0.2) is 9.97 Å². The topological polar surface area (TPSA) is 25.8 Å². The van der Waals surface area contributed by atoms with Crippen LogP contribution in [0.3, 0.4) is 0 Å². The summed E-state index contributed by atoms with van der Waals surface area (Å²) in [5.41, 5.74) is 5.68. The van der Waals surface area contributed by atoms with E-state index in [0.717, 1.165) is 17.1 Å². The largest absolute Gasteiger partial charge is 0.232 e. The van der Waals surface area contributed by atoms with Crippen molar-refractivity contribution in [2.75, 3.05) is 0 Å². The minimum Gasteiger partial charge on any atom is -0.232 e. The quantitative estimate of drug-likeness (QED) is 0.689. The molecule has 0 unspecified atom stereocenters. The van der Waals surface area contributed by atoms with Gasteiger partial charge in [-0.05, 0) is 43.5 Å². The summed E-state index contributed by atoms with van der Waals surface area (Å²) in [6.07, 6.45) is 0. The van der Waals surface area contributed by atoms with Crippen LogP contribution in [0, 0.1) is 20.8 Å². The van der Waals surface area contributed by atoms with E-state index in [-0.39, 0.29) is 5.41 Å². The fraction of sp³-hybridized carbons (Fsp3) is 0.412. The van der Waals surface area contributed by atoms with Gasteiger partial charge in [-0.15, -0.1) is 0 Å². The average molecular weight is 289 g/mol. The number of benzene rings is 1. The second-order valence-electron chi connectivity index (χ2n) is 6.40. The fourth-order valence-electron chi connectivity index (χ4n) is 2.13. The number of halogens is 1. The molecule has 2 rings (SSSR count). The van der Waals surface area contributed by atoms with Gasteiger partial charge >= 0.3 is 0 Å². The summed E-state index contributed by atoms with van der Waals surface area (Å²) >= 11 is 6.18. The predicted molar refractivity (Wildman–Crippen MR) is 85.4 cm³/mol. The molecule has 0 aliphatic heterocycles.